The molecular weight excluding hydrogens is 328 g/mol. The van der Waals surface area contributed by atoms with E-state index in [-0.39, 0.29) is 22.4 Å². The Balaban J connectivity index is 1.77. The van der Waals surface area contributed by atoms with Crippen molar-refractivity contribution in [2.45, 2.75) is 13.8 Å². The molecule has 0 aliphatic carbocycles. The highest BCUT2D eigenvalue weighted by Gasteiger charge is 2.18. The second-order valence-corrected chi connectivity index (χ2v) is 6.56. The lowest BCUT2D eigenvalue weighted by molar-refractivity contribution is 0.0997. The summed E-state index contributed by atoms with van der Waals surface area (Å²) >= 11 is 1.38. The molecule has 0 saturated heterocycles. The van der Waals surface area contributed by atoms with Gasteiger partial charge in [-0.05, 0) is 26.0 Å². The number of hydrogen-bond acceptors (Lipinski definition) is 6. The van der Waals surface area contributed by atoms with E-state index < -0.39 is 5.91 Å². The summed E-state index contributed by atoms with van der Waals surface area (Å²) in [6, 6.07) is 8.27. The van der Waals surface area contributed by atoms with Gasteiger partial charge in [-0.1, -0.05) is 12.1 Å². The molecule has 4 rings (SSSR count). The number of aryl methyl sites for hydroxylation is 2. The molecule has 3 aromatic heterocycles. The van der Waals surface area contributed by atoms with Crippen molar-refractivity contribution >= 4 is 44.5 Å². The summed E-state index contributed by atoms with van der Waals surface area (Å²) in [7, 11) is 0. The van der Waals surface area contributed by atoms with E-state index in [1.807, 2.05) is 13.8 Å². The first-order valence-corrected chi connectivity index (χ1v) is 8.05. The predicted octanol–water partition coefficient (Wildman–Crippen LogP) is 3.86. The molecule has 6 nitrogen and oxygen atoms in total. The lowest BCUT2D eigenvalue weighted by Gasteiger charge is -1.96. The largest absolute Gasteiger partial charge is 0.425 e. The minimum Gasteiger partial charge on any atom is -0.425 e. The van der Waals surface area contributed by atoms with Crippen LogP contribution in [0.5, 0.6) is 0 Å². The molecule has 24 heavy (non-hydrogen) atoms. The number of nitrogens with one attached hydrogen (secondary N) is 1. The van der Waals surface area contributed by atoms with Gasteiger partial charge < -0.3 is 8.83 Å². The maximum Gasteiger partial charge on any atom is 0.302 e. The maximum atomic E-state index is 12.5. The third-order valence-electron chi connectivity index (χ3n) is 3.75. The van der Waals surface area contributed by atoms with E-state index >= 15 is 0 Å². The number of thiazole rings is 1. The molecule has 0 bridgehead atoms. The van der Waals surface area contributed by atoms with Gasteiger partial charge in [0, 0.05) is 10.9 Å². The van der Waals surface area contributed by atoms with Gasteiger partial charge in [-0.2, -0.15) is 0 Å². The van der Waals surface area contributed by atoms with Crippen LogP contribution in [0.15, 0.2) is 44.0 Å². The fourth-order valence-corrected chi connectivity index (χ4v) is 3.20. The Morgan fingerprint density at radius 3 is 2.71 bits per heavy atom. The minimum atomic E-state index is -0.474. The number of benzene rings is 1. The van der Waals surface area contributed by atoms with Crippen molar-refractivity contribution in [3.05, 3.63) is 56.9 Å². The van der Waals surface area contributed by atoms with Gasteiger partial charge in [0.2, 0.25) is 5.43 Å². The van der Waals surface area contributed by atoms with Crippen molar-refractivity contribution < 1.29 is 13.6 Å². The molecule has 120 valence electrons. The first-order valence-electron chi connectivity index (χ1n) is 7.23. The van der Waals surface area contributed by atoms with Crippen molar-refractivity contribution in [3.8, 4) is 0 Å². The van der Waals surface area contributed by atoms with Crippen LogP contribution in [0, 0.1) is 13.8 Å². The molecule has 1 amide bonds. The molecule has 7 heteroatoms. The van der Waals surface area contributed by atoms with Gasteiger partial charge in [0.25, 0.3) is 5.91 Å². The van der Waals surface area contributed by atoms with Crippen LogP contribution in [0.3, 0.4) is 0 Å². The van der Waals surface area contributed by atoms with E-state index in [1.54, 1.807) is 24.3 Å². The zero-order chi connectivity index (χ0) is 16.8. The van der Waals surface area contributed by atoms with E-state index in [2.05, 4.69) is 10.3 Å². The Labute approximate surface area is 139 Å². The average molecular weight is 340 g/mol. The highest BCUT2D eigenvalue weighted by Crippen LogP contribution is 2.24. The molecule has 1 aromatic carbocycles. The number of aromatic nitrogens is 1. The molecule has 0 atom stereocenters. The van der Waals surface area contributed by atoms with E-state index in [9.17, 15) is 9.59 Å². The second kappa shape index (κ2) is 5.31. The molecule has 0 unspecified atom stereocenters. The van der Waals surface area contributed by atoms with E-state index in [4.69, 9.17) is 8.83 Å². The lowest BCUT2D eigenvalue weighted by Crippen LogP contribution is -2.10. The van der Waals surface area contributed by atoms with Crippen LogP contribution < -0.4 is 10.7 Å². The number of rotatable bonds is 2. The molecule has 0 spiro atoms. The average Bonchev–Trinajstić information content (AvgIpc) is 3.12. The van der Waals surface area contributed by atoms with Crippen molar-refractivity contribution in [2.75, 3.05) is 5.32 Å². The number of fused-ring (bicyclic) bond motifs is 2. The number of amides is 1. The first-order chi connectivity index (χ1) is 11.5. The molecule has 0 saturated carbocycles. The summed E-state index contributed by atoms with van der Waals surface area (Å²) < 4.78 is 11.0. The number of para-hydroxylation sites is 1. The van der Waals surface area contributed by atoms with Crippen LogP contribution in [0.4, 0.5) is 5.13 Å². The third-order valence-corrected chi connectivity index (χ3v) is 4.74. The Hall–Kier alpha value is -2.93. The summed E-state index contributed by atoms with van der Waals surface area (Å²) in [5.41, 5.74) is 1.06. The fourth-order valence-electron chi connectivity index (χ4n) is 2.39. The van der Waals surface area contributed by atoms with Crippen LogP contribution in [0.25, 0.3) is 22.1 Å². The number of furan rings is 1. The predicted molar refractivity (Wildman–Crippen MR) is 91.8 cm³/mol. The molecule has 0 radical (unpaired) electrons. The topological polar surface area (TPSA) is 85.3 Å². The lowest BCUT2D eigenvalue weighted by atomic mass is 10.2. The summed E-state index contributed by atoms with van der Waals surface area (Å²) in [6.07, 6.45) is 0. The molecule has 0 fully saturated rings. The van der Waals surface area contributed by atoms with Gasteiger partial charge in [0.05, 0.1) is 11.1 Å². The fraction of sp³-hybridized carbons (Fsp3) is 0.118. The zero-order valence-corrected chi connectivity index (χ0v) is 13.7. The van der Waals surface area contributed by atoms with E-state index in [1.165, 1.54) is 17.4 Å². The number of carbonyl (C=O) groups is 1. The van der Waals surface area contributed by atoms with Gasteiger partial charge in [-0.15, -0.1) is 11.3 Å². The van der Waals surface area contributed by atoms with E-state index in [0.717, 1.165) is 10.6 Å². The van der Waals surface area contributed by atoms with Crippen LogP contribution >= 0.6 is 11.3 Å². The number of hydrogen-bond donors (Lipinski definition) is 1. The Kier molecular flexibility index (Phi) is 3.24. The van der Waals surface area contributed by atoms with Crippen molar-refractivity contribution in [3.63, 3.8) is 0 Å². The van der Waals surface area contributed by atoms with Crippen molar-refractivity contribution in [1.82, 2.24) is 4.98 Å². The van der Waals surface area contributed by atoms with Gasteiger partial charge >= 0.3 is 5.78 Å². The highest BCUT2D eigenvalue weighted by molar-refractivity contribution is 7.15. The zero-order valence-electron chi connectivity index (χ0n) is 12.9. The summed E-state index contributed by atoms with van der Waals surface area (Å²) in [5, 5.41) is 3.85. The van der Waals surface area contributed by atoms with Gasteiger partial charge in [0.15, 0.2) is 10.9 Å². The smallest absolute Gasteiger partial charge is 0.302 e. The first kappa shape index (κ1) is 14.6. The van der Waals surface area contributed by atoms with Crippen molar-refractivity contribution in [1.29, 1.82) is 0 Å². The summed E-state index contributed by atoms with van der Waals surface area (Å²) in [5.74, 6) is -0.430. The Morgan fingerprint density at radius 1 is 1.17 bits per heavy atom. The molecule has 0 aliphatic heterocycles. The molecular formula is C17H12N2O4S. The summed E-state index contributed by atoms with van der Waals surface area (Å²) in [4.78, 5) is 30.1. The van der Waals surface area contributed by atoms with Crippen LogP contribution in [0.1, 0.15) is 21.1 Å². The van der Waals surface area contributed by atoms with Crippen LogP contribution in [0.2, 0.25) is 0 Å². The number of carbonyl (C=O) groups excluding carboxylic acids is 1. The van der Waals surface area contributed by atoms with Crippen LogP contribution in [-0.4, -0.2) is 10.9 Å². The minimum absolute atomic E-state index is 0.00617. The maximum absolute atomic E-state index is 12.5. The van der Waals surface area contributed by atoms with Gasteiger partial charge in [-0.3, -0.25) is 14.9 Å². The molecule has 0 aliphatic rings. The van der Waals surface area contributed by atoms with Crippen molar-refractivity contribution in [2.24, 2.45) is 0 Å². The van der Waals surface area contributed by atoms with Gasteiger partial charge in [0.1, 0.15) is 11.0 Å². The molecule has 1 N–H and O–H groups in total. The quantitative estimate of drug-likeness (QED) is 0.599. The summed E-state index contributed by atoms with van der Waals surface area (Å²) in [6.45, 7) is 3.80. The van der Waals surface area contributed by atoms with E-state index in [0.29, 0.717) is 16.1 Å². The molecule has 4 aromatic rings. The SMILES string of the molecule is Cc1nc(NC(=O)c2cc3c(=O)c4ccccc4oc3o2)sc1C. The van der Waals surface area contributed by atoms with Gasteiger partial charge in [-0.25, -0.2) is 4.98 Å². The number of nitrogens with zero attached hydrogens (tertiary/aromatic N) is 1. The standard InChI is InChI=1S/C17H12N2O4S/c1-8-9(2)24-17(18-8)19-15(21)13-7-11-14(20)10-5-3-4-6-12(10)22-16(11)23-13/h3-7H,1-2H3,(H,18,19,21). The highest BCUT2D eigenvalue weighted by atomic mass is 32.1. The number of anilines is 1. The normalized spacial score (nSPS) is 11.2. The molecule has 3 heterocycles. The Bertz CT molecular complexity index is 1130. The van der Waals surface area contributed by atoms with Crippen LogP contribution in [-0.2, 0) is 0 Å². The Morgan fingerprint density at radius 2 is 1.96 bits per heavy atom. The third kappa shape index (κ3) is 2.30. The monoisotopic (exact) mass is 340 g/mol. The second-order valence-electron chi connectivity index (χ2n) is 5.35.